The zero-order valence-corrected chi connectivity index (χ0v) is 12.5. The standard InChI is InChI=1S/C16H26N4/c1-2-4-11-7-9-12(10-8-11)15-18-14-6-3-5-13(14)16(19-15)20-17/h11-12H,2-10,17H2,1H3,(H,18,19,20). The van der Waals surface area contributed by atoms with Gasteiger partial charge in [-0.15, -0.1) is 0 Å². The largest absolute Gasteiger partial charge is 0.308 e. The summed E-state index contributed by atoms with van der Waals surface area (Å²) in [6, 6.07) is 0. The SMILES string of the molecule is CCCC1CCC(c2nc3c(c(NN)n2)CCC3)CC1. The fourth-order valence-electron chi connectivity index (χ4n) is 3.87. The van der Waals surface area contributed by atoms with Crippen molar-refractivity contribution in [2.24, 2.45) is 11.8 Å². The molecule has 0 unspecified atom stereocenters. The number of nitrogens with one attached hydrogen (secondary N) is 1. The van der Waals surface area contributed by atoms with Crippen molar-refractivity contribution in [3.05, 3.63) is 17.1 Å². The molecule has 0 radical (unpaired) electrons. The molecule has 0 spiro atoms. The predicted octanol–water partition coefficient (Wildman–Crippen LogP) is 3.32. The van der Waals surface area contributed by atoms with Crippen LogP contribution in [0.3, 0.4) is 0 Å². The van der Waals surface area contributed by atoms with Gasteiger partial charge >= 0.3 is 0 Å². The number of anilines is 1. The van der Waals surface area contributed by atoms with Gasteiger partial charge in [-0.25, -0.2) is 15.8 Å². The molecular weight excluding hydrogens is 248 g/mol. The molecule has 2 aliphatic carbocycles. The van der Waals surface area contributed by atoms with Crippen molar-refractivity contribution in [2.45, 2.75) is 70.6 Å². The van der Waals surface area contributed by atoms with Crippen molar-refractivity contribution in [3.63, 3.8) is 0 Å². The van der Waals surface area contributed by atoms with E-state index in [1.165, 1.54) is 56.2 Å². The lowest BCUT2D eigenvalue weighted by Crippen LogP contribution is -2.18. The van der Waals surface area contributed by atoms with Crippen LogP contribution in [0.2, 0.25) is 0 Å². The smallest absolute Gasteiger partial charge is 0.147 e. The highest BCUT2D eigenvalue weighted by Crippen LogP contribution is 2.37. The molecule has 4 nitrogen and oxygen atoms in total. The van der Waals surface area contributed by atoms with E-state index in [9.17, 15) is 0 Å². The second kappa shape index (κ2) is 6.08. The molecule has 20 heavy (non-hydrogen) atoms. The quantitative estimate of drug-likeness (QED) is 0.653. The predicted molar refractivity (Wildman–Crippen MR) is 81.5 cm³/mol. The van der Waals surface area contributed by atoms with Gasteiger partial charge in [0.2, 0.25) is 0 Å². The van der Waals surface area contributed by atoms with Gasteiger partial charge in [0.25, 0.3) is 0 Å². The Kier molecular flexibility index (Phi) is 4.20. The number of aryl methyl sites for hydroxylation is 1. The molecule has 0 amide bonds. The molecule has 0 atom stereocenters. The van der Waals surface area contributed by atoms with Crippen LogP contribution in [0.25, 0.3) is 0 Å². The van der Waals surface area contributed by atoms with Gasteiger partial charge in [0.1, 0.15) is 11.6 Å². The number of aromatic nitrogens is 2. The summed E-state index contributed by atoms with van der Waals surface area (Å²) in [5.41, 5.74) is 5.27. The molecule has 1 aromatic rings. The summed E-state index contributed by atoms with van der Waals surface area (Å²) < 4.78 is 0. The van der Waals surface area contributed by atoms with Crippen LogP contribution in [0.4, 0.5) is 5.82 Å². The Bertz CT molecular complexity index is 464. The number of rotatable bonds is 4. The minimum absolute atomic E-state index is 0.543. The van der Waals surface area contributed by atoms with E-state index in [1.807, 2.05) is 0 Å². The highest BCUT2D eigenvalue weighted by atomic mass is 15.3. The Morgan fingerprint density at radius 1 is 1.15 bits per heavy atom. The molecule has 1 fully saturated rings. The lowest BCUT2D eigenvalue weighted by Gasteiger charge is -2.27. The molecule has 4 heteroatoms. The monoisotopic (exact) mass is 274 g/mol. The second-order valence-electron chi connectivity index (χ2n) is 6.36. The maximum Gasteiger partial charge on any atom is 0.147 e. The van der Waals surface area contributed by atoms with Crippen LogP contribution in [0.15, 0.2) is 0 Å². The van der Waals surface area contributed by atoms with E-state index in [4.69, 9.17) is 15.8 Å². The Morgan fingerprint density at radius 2 is 1.95 bits per heavy atom. The van der Waals surface area contributed by atoms with Crippen molar-refractivity contribution in [1.82, 2.24) is 9.97 Å². The number of hydrogen-bond donors (Lipinski definition) is 2. The van der Waals surface area contributed by atoms with Crippen molar-refractivity contribution >= 4 is 5.82 Å². The van der Waals surface area contributed by atoms with Gasteiger partial charge in [0.15, 0.2) is 0 Å². The summed E-state index contributed by atoms with van der Waals surface area (Å²) in [5, 5.41) is 0. The third-order valence-electron chi connectivity index (χ3n) is 5.00. The van der Waals surface area contributed by atoms with Crippen LogP contribution in [0.1, 0.15) is 74.9 Å². The first kappa shape index (κ1) is 13.8. The van der Waals surface area contributed by atoms with Gasteiger partial charge < -0.3 is 5.43 Å². The van der Waals surface area contributed by atoms with Crippen molar-refractivity contribution in [2.75, 3.05) is 5.43 Å². The number of nitrogens with zero attached hydrogens (tertiary/aromatic N) is 2. The van der Waals surface area contributed by atoms with E-state index in [0.29, 0.717) is 5.92 Å². The average Bonchev–Trinajstić information content (AvgIpc) is 2.95. The van der Waals surface area contributed by atoms with Crippen LogP contribution < -0.4 is 11.3 Å². The van der Waals surface area contributed by atoms with Gasteiger partial charge in [0, 0.05) is 17.2 Å². The van der Waals surface area contributed by atoms with E-state index in [0.717, 1.165) is 30.4 Å². The molecule has 1 aromatic heterocycles. The summed E-state index contributed by atoms with van der Waals surface area (Å²) in [6.07, 6.45) is 11.2. The fraction of sp³-hybridized carbons (Fsp3) is 0.750. The summed E-state index contributed by atoms with van der Waals surface area (Å²) in [6.45, 7) is 2.29. The molecule has 0 bridgehead atoms. The molecule has 3 rings (SSSR count). The molecule has 110 valence electrons. The second-order valence-corrected chi connectivity index (χ2v) is 6.36. The Labute approximate surface area is 121 Å². The average molecular weight is 274 g/mol. The first-order valence-electron chi connectivity index (χ1n) is 8.18. The number of fused-ring (bicyclic) bond motifs is 1. The van der Waals surface area contributed by atoms with Crippen molar-refractivity contribution in [3.8, 4) is 0 Å². The normalized spacial score (nSPS) is 25.5. The van der Waals surface area contributed by atoms with E-state index >= 15 is 0 Å². The van der Waals surface area contributed by atoms with E-state index in [1.54, 1.807) is 0 Å². The molecular formula is C16H26N4. The topological polar surface area (TPSA) is 63.8 Å². The molecule has 1 heterocycles. The molecule has 0 aromatic carbocycles. The molecule has 3 N–H and O–H groups in total. The lowest BCUT2D eigenvalue weighted by atomic mass is 9.79. The van der Waals surface area contributed by atoms with Crippen LogP contribution in [-0.4, -0.2) is 9.97 Å². The summed E-state index contributed by atoms with van der Waals surface area (Å²) >= 11 is 0. The lowest BCUT2D eigenvalue weighted by molar-refractivity contribution is 0.302. The van der Waals surface area contributed by atoms with Crippen molar-refractivity contribution < 1.29 is 0 Å². The Balaban J connectivity index is 1.75. The summed E-state index contributed by atoms with van der Waals surface area (Å²) in [5.74, 6) is 9.02. The maximum absolute atomic E-state index is 5.64. The number of nitrogens with two attached hydrogens (primary N) is 1. The van der Waals surface area contributed by atoms with Gasteiger partial charge in [-0.2, -0.15) is 0 Å². The third kappa shape index (κ3) is 2.66. The van der Waals surface area contributed by atoms with E-state index < -0.39 is 0 Å². The molecule has 2 aliphatic rings. The maximum atomic E-state index is 5.64. The molecule has 0 aliphatic heterocycles. The third-order valence-corrected chi connectivity index (χ3v) is 5.00. The van der Waals surface area contributed by atoms with E-state index in [-0.39, 0.29) is 0 Å². The molecule has 1 saturated carbocycles. The summed E-state index contributed by atoms with van der Waals surface area (Å²) in [7, 11) is 0. The van der Waals surface area contributed by atoms with Gasteiger partial charge in [-0.1, -0.05) is 19.8 Å². The van der Waals surface area contributed by atoms with Gasteiger partial charge in [0.05, 0.1) is 0 Å². The van der Waals surface area contributed by atoms with Crippen LogP contribution in [-0.2, 0) is 12.8 Å². The van der Waals surface area contributed by atoms with Gasteiger partial charge in [-0.3, -0.25) is 0 Å². The number of hydrazine groups is 1. The first-order valence-corrected chi connectivity index (χ1v) is 8.18. The van der Waals surface area contributed by atoms with Crippen LogP contribution in [0.5, 0.6) is 0 Å². The highest BCUT2D eigenvalue weighted by Gasteiger charge is 2.26. The summed E-state index contributed by atoms with van der Waals surface area (Å²) in [4.78, 5) is 9.56. The minimum Gasteiger partial charge on any atom is -0.308 e. The van der Waals surface area contributed by atoms with Crippen molar-refractivity contribution in [1.29, 1.82) is 0 Å². The minimum atomic E-state index is 0.543. The van der Waals surface area contributed by atoms with Gasteiger partial charge in [-0.05, 0) is 50.9 Å². The fourth-order valence-corrected chi connectivity index (χ4v) is 3.87. The molecule has 0 saturated heterocycles. The first-order chi connectivity index (χ1) is 9.81. The zero-order valence-electron chi connectivity index (χ0n) is 12.5. The van der Waals surface area contributed by atoms with E-state index in [2.05, 4.69) is 12.3 Å². The van der Waals surface area contributed by atoms with Crippen LogP contribution >= 0.6 is 0 Å². The Morgan fingerprint density at radius 3 is 2.65 bits per heavy atom. The highest BCUT2D eigenvalue weighted by molar-refractivity contribution is 5.48. The number of hydrogen-bond acceptors (Lipinski definition) is 4. The number of nitrogen functional groups attached to an aromatic ring is 1. The van der Waals surface area contributed by atoms with Crippen LogP contribution in [0, 0.1) is 5.92 Å². The zero-order chi connectivity index (χ0) is 13.9. The Hall–Kier alpha value is -1.16.